The van der Waals surface area contributed by atoms with Crippen LogP contribution in [0.2, 0.25) is 0 Å². The van der Waals surface area contributed by atoms with Crippen LogP contribution in [0.1, 0.15) is 70.0 Å². The molecule has 2 aromatic heterocycles. The van der Waals surface area contributed by atoms with E-state index >= 15 is 0 Å². The molecule has 4 saturated heterocycles. The number of hydrogen-bond donors (Lipinski definition) is 1. The summed E-state index contributed by atoms with van der Waals surface area (Å²) < 4.78 is 8.51. The van der Waals surface area contributed by atoms with E-state index in [9.17, 15) is 19.2 Å². The first-order chi connectivity index (χ1) is 22.9. The highest BCUT2D eigenvalue weighted by Gasteiger charge is 2.54. The van der Waals surface area contributed by atoms with Gasteiger partial charge in [0.2, 0.25) is 17.8 Å². The van der Waals surface area contributed by atoms with Gasteiger partial charge < -0.3 is 14.5 Å². The fraction of sp³-hybridized carbons (Fsp3) is 0.543. The molecular formula is C35H42N8O5. The summed E-state index contributed by atoms with van der Waals surface area (Å²) in [5, 5.41) is 2.33. The normalized spacial score (nSPS) is 21.4. The first-order valence-corrected chi connectivity index (χ1v) is 16.8. The van der Waals surface area contributed by atoms with Crippen molar-refractivity contribution in [1.82, 2.24) is 34.2 Å². The Morgan fingerprint density at radius 2 is 1.71 bits per heavy atom. The summed E-state index contributed by atoms with van der Waals surface area (Å²) in [5.41, 5.74) is 2.09. The highest BCUT2D eigenvalue weighted by atomic mass is 16.6. The van der Waals surface area contributed by atoms with Gasteiger partial charge in [-0.3, -0.25) is 28.9 Å². The van der Waals surface area contributed by atoms with E-state index in [1.807, 2.05) is 37.8 Å². The molecule has 3 amide bonds. The Labute approximate surface area is 279 Å². The summed E-state index contributed by atoms with van der Waals surface area (Å²) >= 11 is 0. The minimum atomic E-state index is -0.726. The van der Waals surface area contributed by atoms with Crippen LogP contribution in [0.15, 0.2) is 35.4 Å². The molecule has 0 bridgehead atoms. The first-order valence-electron chi connectivity index (χ1n) is 16.8. The molecule has 7 rings (SSSR count). The topological polar surface area (TPSA) is 135 Å². The summed E-state index contributed by atoms with van der Waals surface area (Å²) in [5.74, 6) is 6.78. The largest absolute Gasteiger partial charge is 0.444 e. The number of ether oxygens (including phenoxy) is 1. The molecular weight excluding hydrogens is 612 g/mol. The van der Waals surface area contributed by atoms with E-state index < -0.39 is 17.6 Å². The van der Waals surface area contributed by atoms with E-state index in [1.54, 1.807) is 25.5 Å². The number of fused-ring (bicyclic) bond motifs is 1. The summed E-state index contributed by atoms with van der Waals surface area (Å²) in [7, 11) is 1.66. The molecule has 1 aromatic carbocycles. The van der Waals surface area contributed by atoms with Crippen molar-refractivity contribution in [2.75, 3.05) is 44.2 Å². The molecule has 1 atom stereocenters. The monoisotopic (exact) mass is 654 g/mol. The van der Waals surface area contributed by atoms with Crippen LogP contribution in [0.25, 0.3) is 11.0 Å². The number of likely N-dealkylation sites (tertiary alicyclic amines) is 2. The van der Waals surface area contributed by atoms with Gasteiger partial charge in [0.05, 0.1) is 22.1 Å². The quantitative estimate of drug-likeness (QED) is 0.333. The van der Waals surface area contributed by atoms with E-state index in [2.05, 4.69) is 36.9 Å². The Morgan fingerprint density at radius 3 is 2.35 bits per heavy atom. The maximum atomic E-state index is 13.0. The molecule has 4 fully saturated rings. The average Bonchev–Trinajstić information content (AvgIpc) is 3.26. The molecule has 252 valence electrons. The second kappa shape index (κ2) is 12.1. The van der Waals surface area contributed by atoms with Gasteiger partial charge in [0.1, 0.15) is 11.6 Å². The lowest BCUT2D eigenvalue weighted by Gasteiger charge is -2.63. The molecule has 1 unspecified atom stereocenters. The number of anilines is 1. The number of benzene rings is 1. The van der Waals surface area contributed by atoms with Crippen molar-refractivity contribution >= 4 is 34.9 Å². The minimum absolute atomic E-state index is 0.194. The van der Waals surface area contributed by atoms with Gasteiger partial charge in [0.25, 0.3) is 0 Å². The lowest BCUT2D eigenvalue weighted by Crippen LogP contribution is -2.77. The molecule has 0 radical (unpaired) electrons. The van der Waals surface area contributed by atoms with Gasteiger partial charge in [0, 0.05) is 70.7 Å². The Hall–Kier alpha value is -4.70. The van der Waals surface area contributed by atoms with Gasteiger partial charge in [-0.1, -0.05) is 11.8 Å². The number of aromatic nitrogens is 4. The minimum Gasteiger partial charge on any atom is -0.444 e. The number of hydrogen-bond acceptors (Lipinski definition) is 9. The Kier molecular flexibility index (Phi) is 8.02. The van der Waals surface area contributed by atoms with Crippen molar-refractivity contribution in [2.24, 2.45) is 13.0 Å². The number of carbonyl (C=O) groups is 3. The van der Waals surface area contributed by atoms with Crippen LogP contribution >= 0.6 is 0 Å². The lowest BCUT2D eigenvalue weighted by molar-refractivity contribution is -0.135. The van der Waals surface area contributed by atoms with Crippen LogP contribution in [0.3, 0.4) is 0 Å². The molecule has 0 saturated carbocycles. The van der Waals surface area contributed by atoms with Crippen LogP contribution in [-0.2, 0) is 21.4 Å². The average molecular weight is 655 g/mol. The van der Waals surface area contributed by atoms with Crippen LogP contribution in [-0.4, -0.2) is 97.2 Å². The summed E-state index contributed by atoms with van der Waals surface area (Å²) in [6.45, 7) is 11.2. The zero-order valence-electron chi connectivity index (χ0n) is 28.0. The third kappa shape index (κ3) is 6.05. The summed E-state index contributed by atoms with van der Waals surface area (Å²) in [6, 6.07) is 4.72. The van der Waals surface area contributed by atoms with E-state index in [4.69, 9.17) is 4.74 Å². The number of nitrogens with one attached hydrogen (secondary N) is 1. The van der Waals surface area contributed by atoms with E-state index in [0.717, 1.165) is 52.1 Å². The molecule has 48 heavy (non-hydrogen) atoms. The maximum absolute atomic E-state index is 13.0. The molecule has 3 aromatic rings. The number of carbonyl (C=O) groups excluding carboxylic acids is 3. The Morgan fingerprint density at radius 1 is 1.00 bits per heavy atom. The van der Waals surface area contributed by atoms with Gasteiger partial charge in [-0.05, 0) is 70.6 Å². The van der Waals surface area contributed by atoms with Gasteiger partial charge in [0.15, 0.2) is 0 Å². The summed E-state index contributed by atoms with van der Waals surface area (Å²) in [6.07, 6.45) is 6.94. The zero-order valence-corrected chi connectivity index (χ0v) is 28.0. The first kappa shape index (κ1) is 31.9. The van der Waals surface area contributed by atoms with E-state index in [-0.39, 0.29) is 36.1 Å². The lowest BCUT2D eigenvalue weighted by atomic mass is 9.76. The Balaban J connectivity index is 0.938. The number of nitrogens with zero attached hydrogens (tertiary/aromatic N) is 7. The fourth-order valence-electron chi connectivity index (χ4n) is 7.34. The number of imidazole rings is 1. The number of imide groups is 1. The SMILES string of the molecule is Cn1c(=O)n(C2CCC(=O)NC2=O)c2ccc(C#Cc3cnc(N4CC5(CCN5CC5CCN(C(=O)OC(C)(C)C)CC5)C4)nc3)cc21. The third-order valence-electron chi connectivity index (χ3n) is 10.1. The number of aryl methyl sites for hydroxylation is 1. The second-order valence-corrected chi connectivity index (χ2v) is 14.6. The van der Waals surface area contributed by atoms with E-state index in [1.165, 1.54) is 15.6 Å². The van der Waals surface area contributed by atoms with Crippen LogP contribution < -0.4 is 15.9 Å². The fourth-order valence-corrected chi connectivity index (χ4v) is 7.34. The van der Waals surface area contributed by atoms with Crippen LogP contribution in [0.4, 0.5) is 10.7 Å². The van der Waals surface area contributed by atoms with Gasteiger partial charge >= 0.3 is 11.8 Å². The molecule has 1 spiro atoms. The molecule has 1 N–H and O–H groups in total. The number of piperidine rings is 2. The standard InChI is InChI=1S/C35H42N8O5/c1-34(2,3)48-33(47)40-14-11-24(12-15-40)20-42-16-13-35(42)21-41(22-35)31-36-18-25(19-37-31)6-5-23-7-8-26-28(17-23)39(4)32(46)43(26)27-9-10-29(44)38-30(27)45/h7-8,17-19,24,27H,9-16,20-22H2,1-4H3,(H,38,44,45). The number of amides is 3. The molecule has 4 aliphatic rings. The highest BCUT2D eigenvalue weighted by molar-refractivity contribution is 6.00. The van der Waals surface area contributed by atoms with Crippen molar-refractivity contribution < 1.29 is 19.1 Å². The molecule has 0 aliphatic carbocycles. The van der Waals surface area contributed by atoms with Crippen molar-refractivity contribution in [3.05, 3.63) is 52.2 Å². The molecule has 13 nitrogen and oxygen atoms in total. The zero-order chi connectivity index (χ0) is 33.8. The van der Waals surface area contributed by atoms with Gasteiger partial charge in [-0.15, -0.1) is 0 Å². The molecule has 6 heterocycles. The van der Waals surface area contributed by atoms with Crippen LogP contribution in [0, 0.1) is 17.8 Å². The van der Waals surface area contributed by atoms with E-state index in [0.29, 0.717) is 34.0 Å². The van der Waals surface area contributed by atoms with Crippen molar-refractivity contribution in [2.45, 2.75) is 70.1 Å². The van der Waals surface area contributed by atoms with Gasteiger partial charge in [-0.2, -0.15) is 0 Å². The molecule has 13 heteroatoms. The predicted molar refractivity (Wildman–Crippen MR) is 178 cm³/mol. The highest BCUT2D eigenvalue weighted by Crippen LogP contribution is 2.41. The Bertz CT molecular complexity index is 1880. The molecule has 4 aliphatic heterocycles. The van der Waals surface area contributed by atoms with Crippen LogP contribution in [0.5, 0.6) is 0 Å². The second-order valence-electron chi connectivity index (χ2n) is 14.6. The number of rotatable bonds is 4. The predicted octanol–water partition coefficient (Wildman–Crippen LogP) is 2.42. The van der Waals surface area contributed by atoms with Crippen molar-refractivity contribution in [1.29, 1.82) is 0 Å². The third-order valence-corrected chi connectivity index (χ3v) is 10.1. The summed E-state index contributed by atoms with van der Waals surface area (Å²) in [4.78, 5) is 65.4. The smallest absolute Gasteiger partial charge is 0.410 e. The van der Waals surface area contributed by atoms with Crippen molar-refractivity contribution in [3.8, 4) is 11.8 Å². The van der Waals surface area contributed by atoms with Gasteiger partial charge in [-0.25, -0.2) is 19.6 Å². The maximum Gasteiger partial charge on any atom is 0.410 e. The van der Waals surface area contributed by atoms with Crippen molar-refractivity contribution in [3.63, 3.8) is 0 Å².